The summed E-state index contributed by atoms with van der Waals surface area (Å²) in [7, 11) is 0. The number of amides is 1. The molecule has 2 N–H and O–H groups in total. The Hall–Kier alpha value is -1.10. The Bertz CT molecular complexity index is 357. The van der Waals surface area contributed by atoms with Gasteiger partial charge in [-0.3, -0.25) is 4.79 Å². The van der Waals surface area contributed by atoms with Crippen LogP contribution in [0.25, 0.3) is 0 Å². The number of primary amides is 1. The van der Waals surface area contributed by atoms with Crippen LogP contribution in [0.15, 0.2) is 22.7 Å². The number of nitrogens with two attached hydrogens (primary N) is 1. The maximum Gasteiger partial charge on any atom is 0.258 e. The molecule has 76 valence electrons. The van der Waals surface area contributed by atoms with Gasteiger partial charge in [0.2, 0.25) is 0 Å². The topological polar surface area (TPSA) is 52.3 Å². The predicted octanol–water partition coefficient (Wildman–Crippen LogP) is 1.84. The molecule has 0 radical (unpaired) electrons. The average Bonchev–Trinajstić information content (AvgIpc) is 2.11. The van der Waals surface area contributed by atoms with Crippen LogP contribution in [0, 0.1) is 5.82 Å². The zero-order valence-corrected chi connectivity index (χ0v) is 9.05. The van der Waals surface area contributed by atoms with Gasteiger partial charge in [-0.15, -0.1) is 0 Å². The summed E-state index contributed by atoms with van der Waals surface area (Å²) >= 11 is 3.00. The molecule has 14 heavy (non-hydrogen) atoms. The van der Waals surface area contributed by atoms with E-state index in [1.807, 2.05) is 0 Å². The van der Waals surface area contributed by atoms with E-state index in [0.717, 1.165) is 0 Å². The van der Waals surface area contributed by atoms with Crippen LogP contribution in [0.3, 0.4) is 0 Å². The molecule has 3 nitrogen and oxygen atoms in total. The highest BCUT2D eigenvalue weighted by molar-refractivity contribution is 9.10. The molecule has 0 aliphatic carbocycles. The molecular formula is C9H9BrFNO2. The molecular weight excluding hydrogens is 253 g/mol. The van der Waals surface area contributed by atoms with E-state index in [-0.39, 0.29) is 10.3 Å². The summed E-state index contributed by atoms with van der Waals surface area (Å²) in [6, 6.07) is 4.11. The number of carbonyl (C=O) groups is 1. The van der Waals surface area contributed by atoms with Crippen molar-refractivity contribution in [2.75, 3.05) is 0 Å². The molecule has 0 aliphatic heterocycles. The molecule has 1 rings (SSSR count). The van der Waals surface area contributed by atoms with Crippen molar-refractivity contribution in [1.82, 2.24) is 0 Å². The second-order valence-electron chi connectivity index (χ2n) is 2.74. The lowest BCUT2D eigenvalue weighted by Gasteiger charge is -2.11. The van der Waals surface area contributed by atoms with Crippen LogP contribution >= 0.6 is 15.9 Å². The third kappa shape index (κ3) is 2.70. The summed E-state index contributed by atoms with van der Waals surface area (Å²) in [5.74, 6) is -0.556. The van der Waals surface area contributed by atoms with Gasteiger partial charge in [-0.1, -0.05) is 0 Å². The van der Waals surface area contributed by atoms with E-state index in [4.69, 9.17) is 10.5 Å². The van der Waals surface area contributed by atoms with Gasteiger partial charge in [-0.05, 0) is 41.1 Å². The molecule has 5 heteroatoms. The molecule has 1 unspecified atom stereocenters. The van der Waals surface area contributed by atoms with Crippen LogP contribution in [0.4, 0.5) is 4.39 Å². The first kappa shape index (κ1) is 11.0. The van der Waals surface area contributed by atoms with Gasteiger partial charge in [0.25, 0.3) is 5.91 Å². The smallest absolute Gasteiger partial charge is 0.258 e. The molecule has 0 spiro atoms. The fourth-order valence-corrected chi connectivity index (χ4v) is 1.17. The summed E-state index contributed by atoms with van der Waals surface area (Å²) in [5, 5.41) is 0. The fourth-order valence-electron chi connectivity index (χ4n) is 0.812. The molecule has 0 heterocycles. The van der Waals surface area contributed by atoms with E-state index in [2.05, 4.69) is 15.9 Å². The van der Waals surface area contributed by atoms with Crippen molar-refractivity contribution in [2.45, 2.75) is 13.0 Å². The van der Waals surface area contributed by atoms with Crippen LogP contribution in [0.2, 0.25) is 0 Å². The molecule has 1 aromatic carbocycles. The predicted molar refractivity (Wildman–Crippen MR) is 53.4 cm³/mol. The quantitative estimate of drug-likeness (QED) is 0.903. The maximum absolute atomic E-state index is 12.8. The standard InChI is InChI=1S/C9H9BrFNO2/c1-5(9(12)13)14-6-2-3-8(11)7(10)4-6/h2-5H,1H3,(H2,12,13). The molecule has 1 aromatic rings. The van der Waals surface area contributed by atoms with Crippen LogP contribution in [-0.4, -0.2) is 12.0 Å². The van der Waals surface area contributed by atoms with Crippen LogP contribution in [0.1, 0.15) is 6.92 Å². The van der Waals surface area contributed by atoms with Crippen LogP contribution < -0.4 is 10.5 Å². The zero-order chi connectivity index (χ0) is 10.7. The van der Waals surface area contributed by atoms with Crippen molar-refractivity contribution in [2.24, 2.45) is 5.73 Å². The van der Waals surface area contributed by atoms with Gasteiger partial charge in [0, 0.05) is 0 Å². The third-order valence-electron chi connectivity index (χ3n) is 1.60. The van der Waals surface area contributed by atoms with Gasteiger partial charge >= 0.3 is 0 Å². The van der Waals surface area contributed by atoms with Gasteiger partial charge in [0.15, 0.2) is 6.10 Å². The highest BCUT2D eigenvalue weighted by Gasteiger charge is 2.10. The Morgan fingerprint density at radius 3 is 2.79 bits per heavy atom. The van der Waals surface area contributed by atoms with E-state index in [0.29, 0.717) is 5.75 Å². The first-order chi connectivity index (χ1) is 6.50. The maximum atomic E-state index is 12.8. The van der Waals surface area contributed by atoms with Gasteiger partial charge in [-0.25, -0.2) is 4.39 Å². The highest BCUT2D eigenvalue weighted by Crippen LogP contribution is 2.22. The number of ether oxygens (including phenoxy) is 1. The second kappa shape index (κ2) is 4.41. The fraction of sp³-hybridized carbons (Fsp3) is 0.222. The minimum atomic E-state index is -0.729. The minimum Gasteiger partial charge on any atom is -0.481 e. The summed E-state index contributed by atoms with van der Waals surface area (Å²) in [6.45, 7) is 1.53. The van der Waals surface area contributed by atoms with E-state index in [9.17, 15) is 9.18 Å². The molecule has 0 aliphatic rings. The Balaban J connectivity index is 2.78. The first-order valence-electron chi connectivity index (χ1n) is 3.91. The molecule has 0 fully saturated rings. The Kier molecular flexibility index (Phi) is 3.46. The molecule has 1 amide bonds. The Morgan fingerprint density at radius 2 is 2.29 bits per heavy atom. The van der Waals surface area contributed by atoms with Crippen LogP contribution in [-0.2, 0) is 4.79 Å². The normalized spacial score (nSPS) is 12.2. The highest BCUT2D eigenvalue weighted by atomic mass is 79.9. The lowest BCUT2D eigenvalue weighted by molar-refractivity contribution is -0.123. The van der Waals surface area contributed by atoms with Crippen molar-refractivity contribution >= 4 is 21.8 Å². The number of hydrogen-bond acceptors (Lipinski definition) is 2. The van der Waals surface area contributed by atoms with Crippen molar-refractivity contribution in [3.63, 3.8) is 0 Å². The summed E-state index contributed by atoms with van der Waals surface area (Å²) < 4.78 is 18.2. The number of benzene rings is 1. The number of hydrogen-bond donors (Lipinski definition) is 1. The van der Waals surface area contributed by atoms with Crippen molar-refractivity contribution in [3.05, 3.63) is 28.5 Å². The van der Waals surface area contributed by atoms with Gasteiger partial charge in [0.1, 0.15) is 11.6 Å². The molecule has 0 aromatic heterocycles. The number of carbonyl (C=O) groups excluding carboxylic acids is 1. The average molecular weight is 262 g/mol. The SMILES string of the molecule is CC(Oc1ccc(F)c(Br)c1)C(N)=O. The Labute approximate surface area is 89.2 Å². The van der Waals surface area contributed by atoms with Crippen LogP contribution in [0.5, 0.6) is 5.75 Å². The van der Waals surface area contributed by atoms with Crippen molar-refractivity contribution in [1.29, 1.82) is 0 Å². The van der Waals surface area contributed by atoms with Gasteiger partial charge < -0.3 is 10.5 Å². The van der Waals surface area contributed by atoms with Crippen molar-refractivity contribution < 1.29 is 13.9 Å². The molecule has 0 saturated heterocycles. The van der Waals surface area contributed by atoms with E-state index in [1.54, 1.807) is 0 Å². The minimum absolute atomic E-state index is 0.284. The molecule has 0 bridgehead atoms. The number of halogens is 2. The lowest BCUT2D eigenvalue weighted by atomic mass is 10.3. The van der Waals surface area contributed by atoms with Gasteiger partial charge in [0.05, 0.1) is 4.47 Å². The second-order valence-corrected chi connectivity index (χ2v) is 3.59. The summed E-state index contributed by atoms with van der Waals surface area (Å²) in [5.41, 5.74) is 5.00. The lowest BCUT2D eigenvalue weighted by Crippen LogP contribution is -2.30. The third-order valence-corrected chi connectivity index (χ3v) is 2.21. The van der Waals surface area contributed by atoms with E-state index < -0.39 is 12.0 Å². The monoisotopic (exact) mass is 261 g/mol. The number of rotatable bonds is 3. The van der Waals surface area contributed by atoms with E-state index in [1.165, 1.54) is 25.1 Å². The molecule has 0 saturated carbocycles. The zero-order valence-electron chi connectivity index (χ0n) is 7.46. The van der Waals surface area contributed by atoms with Crippen molar-refractivity contribution in [3.8, 4) is 5.75 Å². The summed E-state index contributed by atoms with van der Waals surface area (Å²) in [4.78, 5) is 10.7. The first-order valence-corrected chi connectivity index (χ1v) is 4.71. The largest absolute Gasteiger partial charge is 0.481 e. The Morgan fingerprint density at radius 1 is 1.64 bits per heavy atom. The summed E-state index contributed by atoms with van der Waals surface area (Å²) in [6.07, 6.45) is -0.729. The molecule has 1 atom stereocenters. The van der Waals surface area contributed by atoms with Gasteiger partial charge in [-0.2, -0.15) is 0 Å². The van der Waals surface area contributed by atoms with E-state index >= 15 is 0 Å².